The Hall–Kier alpha value is -1.82. The fourth-order valence-corrected chi connectivity index (χ4v) is 5.06. The number of nitrogens with zero attached hydrogens (tertiary/aromatic N) is 2. The van der Waals surface area contributed by atoms with E-state index >= 15 is 0 Å². The summed E-state index contributed by atoms with van der Waals surface area (Å²) in [4.78, 5) is 30.1. The maximum absolute atomic E-state index is 13.1. The lowest BCUT2D eigenvalue weighted by Crippen LogP contribution is -2.34. The number of amides is 1. The van der Waals surface area contributed by atoms with Gasteiger partial charge in [0.15, 0.2) is 5.16 Å². The molecule has 2 aliphatic rings. The van der Waals surface area contributed by atoms with Crippen LogP contribution in [0.15, 0.2) is 34.2 Å². The molecule has 2 aliphatic carbocycles. The lowest BCUT2D eigenvalue weighted by molar-refractivity contribution is -0.119. The number of benzene rings is 1. The van der Waals surface area contributed by atoms with E-state index in [1.807, 2.05) is 28.8 Å². The van der Waals surface area contributed by atoms with Crippen molar-refractivity contribution in [2.75, 3.05) is 5.75 Å². The summed E-state index contributed by atoms with van der Waals surface area (Å²) in [6.07, 6.45) is 8.89. The van der Waals surface area contributed by atoms with Crippen LogP contribution >= 0.6 is 11.8 Å². The molecule has 2 saturated carbocycles. The number of carbonyl (C=O) groups is 1. The Bertz CT molecular complexity index is 852. The second kappa shape index (κ2) is 7.82. The van der Waals surface area contributed by atoms with Gasteiger partial charge >= 0.3 is 0 Å². The van der Waals surface area contributed by atoms with Gasteiger partial charge in [-0.15, -0.1) is 0 Å². The third-order valence-electron chi connectivity index (χ3n) is 5.52. The topological polar surface area (TPSA) is 64.0 Å². The van der Waals surface area contributed by atoms with Gasteiger partial charge in [0.25, 0.3) is 5.56 Å². The van der Waals surface area contributed by atoms with Gasteiger partial charge in [-0.05, 0) is 37.8 Å². The molecular formula is C20H25N3O2S. The molecule has 0 bridgehead atoms. The highest BCUT2D eigenvalue weighted by Gasteiger charge is 2.24. The zero-order chi connectivity index (χ0) is 17.9. The van der Waals surface area contributed by atoms with Crippen molar-refractivity contribution in [3.05, 3.63) is 34.6 Å². The average molecular weight is 372 g/mol. The van der Waals surface area contributed by atoms with Crippen molar-refractivity contribution < 1.29 is 4.79 Å². The van der Waals surface area contributed by atoms with Crippen LogP contribution in [0, 0.1) is 0 Å². The Labute approximate surface area is 157 Å². The molecule has 2 fully saturated rings. The van der Waals surface area contributed by atoms with Crippen molar-refractivity contribution in [2.45, 2.75) is 68.6 Å². The number of rotatable bonds is 5. The van der Waals surface area contributed by atoms with Gasteiger partial charge in [-0.2, -0.15) is 0 Å². The Morgan fingerprint density at radius 2 is 1.81 bits per heavy atom. The molecule has 1 amide bonds. The summed E-state index contributed by atoms with van der Waals surface area (Å²) >= 11 is 1.39. The highest BCUT2D eigenvalue weighted by molar-refractivity contribution is 7.99. The highest BCUT2D eigenvalue weighted by Crippen LogP contribution is 2.32. The van der Waals surface area contributed by atoms with E-state index in [0.717, 1.165) is 38.5 Å². The van der Waals surface area contributed by atoms with Gasteiger partial charge in [-0.3, -0.25) is 14.2 Å². The van der Waals surface area contributed by atoms with Gasteiger partial charge in [0.2, 0.25) is 5.91 Å². The van der Waals surface area contributed by atoms with E-state index in [2.05, 4.69) is 5.32 Å². The van der Waals surface area contributed by atoms with E-state index in [4.69, 9.17) is 4.98 Å². The second-order valence-electron chi connectivity index (χ2n) is 7.36. The third-order valence-corrected chi connectivity index (χ3v) is 6.47. The second-order valence-corrected chi connectivity index (χ2v) is 8.31. The van der Waals surface area contributed by atoms with Gasteiger partial charge in [0.1, 0.15) is 0 Å². The molecule has 0 saturated heterocycles. The number of carbonyl (C=O) groups excluding carboxylic acids is 1. The molecular weight excluding hydrogens is 346 g/mol. The van der Waals surface area contributed by atoms with Crippen LogP contribution in [0.1, 0.15) is 57.4 Å². The quantitative estimate of drug-likeness (QED) is 0.643. The Kier molecular flexibility index (Phi) is 5.29. The first-order valence-corrected chi connectivity index (χ1v) is 10.6. The standard InChI is InChI=1S/C20H25N3O2S/c24-18(21-14-7-1-2-8-14)13-26-20-22-17-12-6-5-11-16(17)19(25)23(20)15-9-3-4-10-15/h5-6,11-12,14-15H,1-4,7-10,13H2,(H,21,24). The number of hydrogen-bond donors (Lipinski definition) is 1. The molecule has 0 spiro atoms. The van der Waals surface area contributed by atoms with Gasteiger partial charge in [0, 0.05) is 12.1 Å². The molecule has 26 heavy (non-hydrogen) atoms. The summed E-state index contributed by atoms with van der Waals surface area (Å²) in [5.74, 6) is 0.357. The summed E-state index contributed by atoms with van der Waals surface area (Å²) in [7, 11) is 0. The summed E-state index contributed by atoms with van der Waals surface area (Å²) < 4.78 is 1.85. The van der Waals surface area contributed by atoms with Crippen molar-refractivity contribution in [2.24, 2.45) is 0 Å². The van der Waals surface area contributed by atoms with E-state index in [1.54, 1.807) is 0 Å². The fraction of sp³-hybridized carbons (Fsp3) is 0.550. The maximum atomic E-state index is 13.1. The Balaban J connectivity index is 1.59. The van der Waals surface area contributed by atoms with Crippen LogP contribution in [0.25, 0.3) is 10.9 Å². The zero-order valence-corrected chi connectivity index (χ0v) is 15.8. The van der Waals surface area contributed by atoms with Gasteiger partial charge < -0.3 is 5.32 Å². The SMILES string of the molecule is O=C(CSc1nc2ccccc2c(=O)n1C1CCCC1)NC1CCCC1. The molecule has 1 N–H and O–H groups in total. The van der Waals surface area contributed by atoms with Crippen LogP contribution in [0.4, 0.5) is 0 Å². The first-order chi connectivity index (χ1) is 12.7. The zero-order valence-electron chi connectivity index (χ0n) is 14.9. The summed E-state index contributed by atoms with van der Waals surface area (Å²) in [6.45, 7) is 0. The Morgan fingerprint density at radius 3 is 2.58 bits per heavy atom. The summed E-state index contributed by atoms with van der Waals surface area (Å²) in [5, 5.41) is 4.46. The lowest BCUT2D eigenvalue weighted by atomic mass is 10.2. The molecule has 138 valence electrons. The van der Waals surface area contributed by atoms with Gasteiger partial charge in [-0.25, -0.2) is 4.98 Å². The van der Waals surface area contributed by atoms with E-state index in [-0.39, 0.29) is 17.5 Å². The van der Waals surface area contributed by atoms with Crippen molar-refractivity contribution >= 4 is 28.6 Å². The number of nitrogens with one attached hydrogen (secondary N) is 1. The van der Waals surface area contributed by atoms with Crippen LogP contribution in [-0.4, -0.2) is 27.3 Å². The molecule has 1 aromatic heterocycles. The number of hydrogen-bond acceptors (Lipinski definition) is 4. The van der Waals surface area contributed by atoms with E-state index in [0.29, 0.717) is 27.9 Å². The van der Waals surface area contributed by atoms with E-state index in [1.165, 1.54) is 24.6 Å². The van der Waals surface area contributed by atoms with Crippen LogP contribution in [0.2, 0.25) is 0 Å². The van der Waals surface area contributed by atoms with Crippen molar-refractivity contribution in [1.29, 1.82) is 0 Å². The number of thioether (sulfide) groups is 1. The van der Waals surface area contributed by atoms with Crippen LogP contribution in [0.3, 0.4) is 0 Å². The first-order valence-electron chi connectivity index (χ1n) is 9.66. The largest absolute Gasteiger partial charge is 0.353 e. The van der Waals surface area contributed by atoms with Crippen molar-refractivity contribution in [3.8, 4) is 0 Å². The minimum atomic E-state index is 0.0289. The maximum Gasteiger partial charge on any atom is 0.262 e. The van der Waals surface area contributed by atoms with Crippen LogP contribution in [-0.2, 0) is 4.79 Å². The molecule has 1 heterocycles. The van der Waals surface area contributed by atoms with Crippen molar-refractivity contribution in [3.63, 3.8) is 0 Å². The van der Waals surface area contributed by atoms with E-state index in [9.17, 15) is 9.59 Å². The van der Waals surface area contributed by atoms with Crippen LogP contribution < -0.4 is 10.9 Å². The number of fused-ring (bicyclic) bond motifs is 1. The first kappa shape index (κ1) is 17.6. The predicted molar refractivity (Wildman–Crippen MR) is 105 cm³/mol. The minimum Gasteiger partial charge on any atom is -0.353 e. The van der Waals surface area contributed by atoms with Crippen molar-refractivity contribution in [1.82, 2.24) is 14.9 Å². The average Bonchev–Trinajstić information content (AvgIpc) is 3.34. The normalized spacial score (nSPS) is 18.6. The molecule has 0 radical (unpaired) electrons. The molecule has 5 nitrogen and oxygen atoms in total. The van der Waals surface area contributed by atoms with Crippen LogP contribution in [0.5, 0.6) is 0 Å². The highest BCUT2D eigenvalue weighted by atomic mass is 32.2. The smallest absolute Gasteiger partial charge is 0.262 e. The molecule has 0 atom stereocenters. The predicted octanol–water partition coefficient (Wildman–Crippen LogP) is 3.66. The molecule has 0 unspecified atom stereocenters. The Morgan fingerprint density at radius 1 is 1.12 bits per heavy atom. The molecule has 0 aliphatic heterocycles. The molecule has 6 heteroatoms. The number of aromatic nitrogens is 2. The molecule has 4 rings (SSSR count). The summed E-state index contributed by atoms with van der Waals surface area (Å²) in [5.41, 5.74) is 0.742. The summed E-state index contributed by atoms with van der Waals surface area (Å²) in [6, 6.07) is 8.03. The minimum absolute atomic E-state index is 0.0289. The van der Waals surface area contributed by atoms with Gasteiger partial charge in [-0.1, -0.05) is 49.6 Å². The lowest BCUT2D eigenvalue weighted by Gasteiger charge is -2.19. The van der Waals surface area contributed by atoms with Gasteiger partial charge in [0.05, 0.1) is 16.7 Å². The van der Waals surface area contributed by atoms with E-state index < -0.39 is 0 Å². The third kappa shape index (κ3) is 3.65. The monoisotopic (exact) mass is 371 g/mol. The molecule has 1 aromatic carbocycles. The number of para-hydroxylation sites is 1. The molecule has 2 aromatic rings. The fourth-order valence-electron chi connectivity index (χ4n) is 4.18.